The van der Waals surface area contributed by atoms with Crippen LogP contribution in [0.4, 0.5) is 10.6 Å². The van der Waals surface area contributed by atoms with Crippen LogP contribution in [0.3, 0.4) is 0 Å². The van der Waals surface area contributed by atoms with Crippen LogP contribution < -0.4 is 10.6 Å². The lowest BCUT2D eigenvalue weighted by Crippen LogP contribution is -2.55. The van der Waals surface area contributed by atoms with Gasteiger partial charge in [0.15, 0.2) is 5.82 Å². The van der Waals surface area contributed by atoms with E-state index in [1.165, 1.54) is 5.56 Å². The summed E-state index contributed by atoms with van der Waals surface area (Å²) >= 11 is 0. The second-order valence-electron chi connectivity index (χ2n) is 7.10. The Labute approximate surface area is 154 Å². The summed E-state index contributed by atoms with van der Waals surface area (Å²) in [7, 11) is 0. The Morgan fingerprint density at radius 2 is 1.92 bits per heavy atom. The number of aromatic nitrogens is 2. The molecule has 0 bridgehead atoms. The lowest BCUT2D eigenvalue weighted by Gasteiger charge is -2.40. The number of hydrogen-bond donors (Lipinski definition) is 2. The fourth-order valence-electron chi connectivity index (χ4n) is 3.02. The van der Waals surface area contributed by atoms with E-state index in [0.717, 1.165) is 26.3 Å². The monoisotopic (exact) mass is 357 g/mol. The minimum atomic E-state index is -0.240. The summed E-state index contributed by atoms with van der Waals surface area (Å²) in [4.78, 5) is 14.5. The highest BCUT2D eigenvalue weighted by Gasteiger charge is 2.28. The van der Waals surface area contributed by atoms with E-state index in [0.29, 0.717) is 18.9 Å². The van der Waals surface area contributed by atoms with Crippen LogP contribution in [-0.2, 0) is 11.3 Å². The summed E-state index contributed by atoms with van der Waals surface area (Å²) in [5.74, 6) is 0.544. The zero-order valence-corrected chi connectivity index (χ0v) is 15.4. The van der Waals surface area contributed by atoms with Crippen LogP contribution in [0, 0.1) is 0 Å². The summed E-state index contributed by atoms with van der Waals surface area (Å²) < 4.78 is 7.20. The molecule has 1 aliphatic heterocycles. The van der Waals surface area contributed by atoms with E-state index in [2.05, 4.69) is 46.6 Å². The van der Waals surface area contributed by atoms with Crippen LogP contribution in [0.15, 0.2) is 42.6 Å². The van der Waals surface area contributed by atoms with Gasteiger partial charge in [0.05, 0.1) is 19.8 Å². The van der Waals surface area contributed by atoms with Gasteiger partial charge in [-0.15, -0.1) is 0 Å². The number of anilines is 1. The zero-order chi connectivity index (χ0) is 18.4. The van der Waals surface area contributed by atoms with E-state index in [-0.39, 0.29) is 11.6 Å². The van der Waals surface area contributed by atoms with Gasteiger partial charge in [0.2, 0.25) is 0 Å². The van der Waals surface area contributed by atoms with Crippen LogP contribution >= 0.6 is 0 Å². The van der Waals surface area contributed by atoms with Gasteiger partial charge in [0, 0.05) is 37.4 Å². The molecule has 0 aliphatic carbocycles. The lowest BCUT2D eigenvalue weighted by atomic mass is 10.0. The van der Waals surface area contributed by atoms with Gasteiger partial charge in [-0.05, 0) is 19.4 Å². The molecule has 0 radical (unpaired) electrons. The van der Waals surface area contributed by atoms with E-state index in [4.69, 9.17) is 4.74 Å². The minimum absolute atomic E-state index is 0.117. The molecule has 2 amide bonds. The van der Waals surface area contributed by atoms with Crippen molar-refractivity contribution < 1.29 is 9.53 Å². The number of urea groups is 1. The van der Waals surface area contributed by atoms with E-state index in [1.807, 2.05) is 29.1 Å². The number of hydrogen-bond acceptors (Lipinski definition) is 4. The lowest BCUT2D eigenvalue weighted by molar-refractivity contribution is -0.00863. The van der Waals surface area contributed by atoms with E-state index < -0.39 is 0 Å². The van der Waals surface area contributed by atoms with Crippen LogP contribution in [0.25, 0.3) is 0 Å². The van der Waals surface area contributed by atoms with E-state index in [1.54, 1.807) is 6.07 Å². The average molecular weight is 357 g/mol. The molecule has 1 aromatic carbocycles. The summed E-state index contributed by atoms with van der Waals surface area (Å²) in [5, 5.41) is 10.1. The molecule has 1 aromatic heterocycles. The molecule has 1 aliphatic rings. The number of ether oxygens (including phenoxy) is 1. The molecule has 3 rings (SSSR count). The molecule has 1 fully saturated rings. The second-order valence-corrected chi connectivity index (χ2v) is 7.10. The number of carbonyl (C=O) groups is 1. The maximum Gasteiger partial charge on any atom is 0.320 e. The number of amides is 2. The first-order valence-electron chi connectivity index (χ1n) is 8.98. The Morgan fingerprint density at radius 1 is 1.19 bits per heavy atom. The summed E-state index contributed by atoms with van der Waals surface area (Å²) in [6.45, 7) is 8.77. The largest absolute Gasteiger partial charge is 0.379 e. The molecule has 0 saturated carbocycles. The van der Waals surface area contributed by atoms with Crippen LogP contribution in [0.5, 0.6) is 0 Å². The van der Waals surface area contributed by atoms with Gasteiger partial charge in [0.25, 0.3) is 0 Å². The fraction of sp³-hybridized carbons (Fsp3) is 0.474. The predicted octanol–water partition coefficient (Wildman–Crippen LogP) is 2.16. The number of morpholine rings is 1. The topological polar surface area (TPSA) is 71.4 Å². The molecule has 26 heavy (non-hydrogen) atoms. The third kappa shape index (κ3) is 5.06. The van der Waals surface area contributed by atoms with Crippen molar-refractivity contribution in [2.75, 3.05) is 38.2 Å². The quantitative estimate of drug-likeness (QED) is 0.831. The van der Waals surface area contributed by atoms with E-state index >= 15 is 0 Å². The van der Waals surface area contributed by atoms with Gasteiger partial charge in [0.1, 0.15) is 0 Å². The van der Waals surface area contributed by atoms with Crippen LogP contribution in [-0.4, -0.2) is 59.1 Å². The van der Waals surface area contributed by atoms with Gasteiger partial charge < -0.3 is 10.1 Å². The van der Waals surface area contributed by atoms with Gasteiger partial charge in [-0.25, -0.2) is 4.79 Å². The normalized spacial score (nSPS) is 15.6. The zero-order valence-electron chi connectivity index (χ0n) is 15.4. The van der Waals surface area contributed by atoms with Gasteiger partial charge in [-0.1, -0.05) is 30.3 Å². The van der Waals surface area contributed by atoms with Crippen molar-refractivity contribution in [2.24, 2.45) is 0 Å². The molecule has 2 heterocycles. The Morgan fingerprint density at radius 3 is 2.65 bits per heavy atom. The fourth-order valence-corrected chi connectivity index (χ4v) is 3.02. The number of nitrogens with one attached hydrogen (secondary N) is 2. The number of nitrogens with zero attached hydrogens (tertiary/aromatic N) is 3. The minimum Gasteiger partial charge on any atom is -0.379 e. The van der Waals surface area contributed by atoms with Crippen molar-refractivity contribution in [1.29, 1.82) is 0 Å². The second kappa shape index (κ2) is 8.33. The average Bonchev–Trinajstić information content (AvgIpc) is 3.08. The Kier molecular flexibility index (Phi) is 5.90. The standard InChI is InChI=1S/C19H27N5O2/c1-19(2,23-10-12-26-13-11-23)15-20-18(25)21-17-8-9-24(22-17)14-16-6-4-3-5-7-16/h3-9H,10-15H2,1-2H3,(H2,20,21,22,25). The summed E-state index contributed by atoms with van der Waals surface area (Å²) in [6, 6.07) is 11.7. The van der Waals surface area contributed by atoms with Crippen molar-refractivity contribution >= 4 is 11.8 Å². The molecule has 140 valence electrons. The molecular weight excluding hydrogens is 330 g/mol. The summed E-state index contributed by atoms with van der Waals surface area (Å²) in [5.41, 5.74) is 1.05. The highest BCUT2D eigenvalue weighted by molar-refractivity contribution is 5.88. The number of rotatable bonds is 6. The highest BCUT2D eigenvalue weighted by atomic mass is 16.5. The van der Waals surface area contributed by atoms with Gasteiger partial charge in [-0.3, -0.25) is 14.9 Å². The molecule has 7 nitrogen and oxygen atoms in total. The SMILES string of the molecule is CC(C)(CNC(=O)Nc1ccn(Cc2ccccc2)n1)N1CCOCC1. The molecule has 2 N–H and O–H groups in total. The molecule has 1 saturated heterocycles. The molecular formula is C19H27N5O2. The third-order valence-electron chi connectivity index (χ3n) is 4.62. The Hall–Kier alpha value is -2.38. The molecule has 0 unspecified atom stereocenters. The maximum atomic E-state index is 12.2. The molecule has 0 atom stereocenters. The van der Waals surface area contributed by atoms with Crippen molar-refractivity contribution in [3.05, 3.63) is 48.2 Å². The van der Waals surface area contributed by atoms with Crippen molar-refractivity contribution in [3.63, 3.8) is 0 Å². The van der Waals surface area contributed by atoms with Crippen LogP contribution in [0.1, 0.15) is 19.4 Å². The van der Waals surface area contributed by atoms with Crippen molar-refractivity contribution in [3.8, 4) is 0 Å². The number of benzene rings is 1. The molecule has 0 spiro atoms. The van der Waals surface area contributed by atoms with Gasteiger partial charge >= 0.3 is 6.03 Å². The molecule has 7 heteroatoms. The Bertz CT molecular complexity index is 708. The van der Waals surface area contributed by atoms with Crippen LogP contribution in [0.2, 0.25) is 0 Å². The van der Waals surface area contributed by atoms with Gasteiger partial charge in [-0.2, -0.15) is 5.10 Å². The predicted molar refractivity (Wildman–Crippen MR) is 101 cm³/mol. The summed E-state index contributed by atoms with van der Waals surface area (Å²) in [6.07, 6.45) is 1.86. The van der Waals surface area contributed by atoms with E-state index in [9.17, 15) is 4.79 Å². The first-order valence-corrected chi connectivity index (χ1v) is 8.98. The molecule has 2 aromatic rings. The first kappa shape index (κ1) is 18.4. The first-order chi connectivity index (χ1) is 12.5. The maximum absolute atomic E-state index is 12.2. The highest BCUT2D eigenvalue weighted by Crippen LogP contribution is 2.15. The van der Waals surface area contributed by atoms with Crippen molar-refractivity contribution in [2.45, 2.75) is 25.9 Å². The van der Waals surface area contributed by atoms with Crippen molar-refractivity contribution in [1.82, 2.24) is 20.0 Å². The smallest absolute Gasteiger partial charge is 0.320 e. The number of carbonyl (C=O) groups excluding carboxylic acids is 1. The third-order valence-corrected chi connectivity index (χ3v) is 4.62. The Balaban J connectivity index is 1.47.